The van der Waals surface area contributed by atoms with Crippen molar-refractivity contribution in [2.75, 3.05) is 11.9 Å². The Morgan fingerprint density at radius 1 is 1.22 bits per heavy atom. The SMILES string of the molecule is CCCc1cc(CN)cc(NCC(CC)CC)n1. The highest BCUT2D eigenvalue weighted by molar-refractivity contribution is 5.39. The summed E-state index contributed by atoms with van der Waals surface area (Å²) in [6.45, 7) is 8.23. The van der Waals surface area contributed by atoms with E-state index in [1.54, 1.807) is 0 Å². The molecule has 0 aromatic carbocycles. The van der Waals surface area contributed by atoms with Crippen molar-refractivity contribution in [1.82, 2.24) is 4.98 Å². The highest BCUT2D eigenvalue weighted by atomic mass is 15.0. The van der Waals surface area contributed by atoms with E-state index in [-0.39, 0.29) is 0 Å². The van der Waals surface area contributed by atoms with Gasteiger partial charge in [0.15, 0.2) is 0 Å². The van der Waals surface area contributed by atoms with E-state index in [1.807, 2.05) is 0 Å². The number of rotatable bonds is 8. The summed E-state index contributed by atoms with van der Waals surface area (Å²) in [5.41, 5.74) is 8.05. The first-order valence-electron chi connectivity index (χ1n) is 7.17. The Morgan fingerprint density at radius 3 is 2.50 bits per heavy atom. The molecule has 0 unspecified atom stereocenters. The van der Waals surface area contributed by atoms with Crippen molar-refractivity contribution < 1.29 is 0 Å². The van der Waals surface area contributed by atoms with Gasteiger partial charge in [-0.25, -0.2) is 4.98 Å². The Hall–Kier alpha value is -1.09. The van der Waals surface area contributed by atoms with E-state index in [4.69, 9.17) is 5.73 Å². The van der Waals surface area contributed by atoms with Crippen molar-refractivity contribution in [3.05, 3.63) is 23.4 Å². The Balaban J connectivity index is 2.71. The van der Waals surface area contributed by atoms with Gasteiger partial charge in [0.25, 0.3) is 0 Å². The third kappa shape index (κ3) is 4.65. The summed E-state index contributed by atoms with van der Waals surface area (Å²) in [6, 6.07) is 4.19. The van der Waals surface area contributed by atoms with E-state index in [2.05, 4.69) is 43.2 Å². The molecular formula is C15H27N3. The molecule has 1 aromatic heterocycles. The lowest BCUT2D eigenvalue weighted by molar-refractivity contribution is 0.518. The van der Waals surface area contributed by atoms with Gasteiger partial charge in [-0.3, -0.25) is 0 Å². The van der Waals surface area contributed by atoms with Crippen molar-refractivity contribution in [3.8, 4) is 0 Å². The van der Waals surface area contributed by atoms with Gasteiger partial charge in [-0.15, -0.1) is 0 Å². The summed E-state index contributed by atoms with van der Waals surface area (Å²) < 4.78 is 0. The maximum absolute atomic E-state index is 5.74. The lowest BCUT2D eigenvalue weighted by Crippen LogP contribution is -2.14. The lowest BCUT2D eigenvalue weighted by atomic mass is 10.0. The maximum Gasteiger partial charge on any atom is 0.126 e. The number of aromatic nitrogens is 1. The first-order valence-corrected chi connectivity index (χ1v) is 7.17. The van der Waals surface area contributed by atoms with E-state index in [0.717, 1.165) is 36.8 Å². The summed E-state index contributed by atoms with van der Waals surface area (Å²) in [5.74, 6) is 1.70. The largest absolute Gasteiger partial charge is 0.370 e. The fourth-order valence-electron chi connectivity index (χ4n) is 2.07. The van der Waals surface area contributed by atoms with Gasteiger partial charge in [0.2, 0.25) is 0 Å². The van der Waals surface area contributed by atoms with Crippen molar-refractivity contribution in [2.45, 2.75) is 53.0 Å². The van der Waals surface area contributed by atoms with Gasteiger partial charge in [0.1, 0.15) is 5.82 Å². The fraction of sp³-hybridized carbons (Fsp3) is 0.667. The van der Waals surface area contributed by atoms with Crippen molar-refractivity contribution >= 4 is 5.82 Å². The molecule has 0 spiro atoms. The lowest BCUT2D eigenvalue weighted by Gasteiger charge is -2.15. The highest BCUT2D eigenvalue weighted by Gasteiger charge is 2.05. The van der Waals surface area contributed by atoms with Crippen LogP contribution in [-0.2, 0) is 13.0 Å². The molecule has 0 bridgehead atoms. The van der Waals surface area contributed by atoms with Crippen LogP contribution in [0.1, 0.15) is 51.3 Å². The van der Waals surface area contributed by atoms with E-state index in [1.165, 1.54) is 18.4 Å². The van der Waals surface area contributed by atoms with Crippen molar-refractivity contribution in [3.63, 3.8) is 0 Å². The normalized spacial score (nSPS) is 10.9. The third-order valence-electron chi connectivity index (χ3n) is 3.41. The highest BCUT2D eigenvalue weighted by Crippen LogP contribution is 2.14. The molecule has 0 amide bonds. The summed E-state index contributed by atoms with van der Waals surface area (Å²) in [7, 11) is 0. The maximum atomic E-state index is 5.74. The molecule has 1 heterocycles. The molecule has 0 aliphatic rings. The number of nitrogens with two attached hydrogens (primary N) is 1. The predicted molar refractivity (Wildman–Crippen MR) is 78.7 cm³/mol. The number of hydrogen-bond donors (Lipinski definition) is 2. The summed E-state index contributed by atoms with van der Waals surface area (Å²) in [4.78, 5) is 4.64. The minimum atomic E-state index is 0.582. The van der Waals surface area contributed by atoms with Gasteiger partial charge in [0, 0.05) is 18.8 Å². The molecule has 0 fully saturated rings. The molecule has 0 aliphatic heterocycles. The molecule has 0 aliphatic carbocycles. The van der Waals surface area contributed by atoms with Crippen LogP contribution in [-0.4, -0.2) is 11.5 Å². The zero-order valence-corrected chi connectivity index (χ0v) is 12.0. The molecule has 102 valence electrons. The first-order chi connectivity index (χ1) is 8.73. The van der Waals surface area contributed by atoms with Crippen molar-refractivity contribution in [1.29, 1.82) is 0 Å². The summed E-state index contributed by atoms with van der Waals surface area (Å²) >= 11 is 0. The van der Waals surface area contributed by atoms with E-state index < -0.39 is 0 Å². The van der Waals surface area contributed by atoms with Crippen LogP contribution in [0.15, 0.2) is 12.1 Å². The minimum absolute atomic E-state index is 0.582. The molecule has 0 saturated carbocycles. The number of pyridine rings is 1. The van der Waals surface area contributed by atoms with Gasteiger partial charge in [-0.2, -0.15) is 0 Å². The van der Waals surface area contributed by atoms with Crippen LogP contribution in [0.25, 0.3) is 0 Å². The third-order valence-corrected chi connectivity index (χ3v) is 3.41. The molecule has 3 N–H and O–H groups in total. The minimum Gasteiger partial charge on any atom is -0.370 e. The molecule has 1 aromatic rings. The summed E-state index contributed by atoms with van der Waals surface area (Å²) in [6.07, 6.45) is 4.56. The Kier molecular flexibility index (Phi) is 6.73. The molecular weight excluding hydrogens is 222 g/mol. The number of hydrogen-bond acceptors (Lipinski definition) is 3. The van der Waals surface area contributed by atoms with Crippen LogP contribution in [0.2, 0.25) is 0 Å². The standard InChI is InChI=1S/C15H27N3/c1-4-7-14-8-13(10-16)9-15(18-14)17-11-12(5-2)6-3/h8-9,12H,4-7,10-11,16H2,1-3H3,(H,17,18). The van der Waals surface area contributed by atoms with Crippen LogP contribution < -0.4 is 11.1 Å². The molecule has 3 heteroatoms. The van der Waals surface area contributed by atoms with Crippen LogP contribution in [0, 0.1) is 5.92 Å². The van der Waals surface area contributed by atoms with Gasteiger partial charge in [-0.1, -0.05) is 40.0 Å². The number of anilines is 1. The average Bonchev–Trinajstić information content (AvgIpc) is 2.40. The Labute approximate surface area is 111 Å². The fourth-order valence-corrected chi connectivity index (χ4v) is 2.07. The number of aryl methyl sites for hydroxylation is 1. The van der Waals surface area contributed by atoms with Gasteiger partial charge in [0.05, 0.1) is 0 Å². The second-order valence-electron chi connectivity index (χ2n) is 4.87. The van der Waals surface area contributed by atoms with Gasteiger partial charge in [-0.05, 0) is 30.0 Å². The molecule has 3 nitrogen and oxygen atoms in total. The smallest absolute Gasteiger partial charge is 0.126 e. The van der Waals surface area contributed by atoms with Crippen LogP contribution in [0.4, 0.5) is 5.82 Å². The second kappa shape index (κ2) is 8.09. The first kappa shape index (κ1) is 15.0. The van der Waals surface area contributed by atoms with E-state index in [0.29, 0.717) is 6.54 Å². The zero-order valence-electron chi connectivity index (χ0n) is 12.0. The van der Waals surface area contributed by atoms with Crippen LogP contribution in [0.5, 0.6) is 0 Å². The monoisotopic (exact) mass is 249 g/mol. The number of nitrogens with zero attached hydrogens (tertiary/aromatic N) is 1. The Bertz CT molecular complexity index is 346. The molecule has 0 saturated heterocycles. The van der Waals surface area contributed by atoms with Gasteiger partial charge >= 0.3 is 0 Å². The second-order valence-corrected chi connectivity index (χ2v) is 4.87. The topological polar surface area (TPSA) is 50.9 Å². The van der Waals surface area contributed by atoms with Crippen LogP contribution in [0.3, 0.4) is 0 Å². The quantitative estimate of drug-likeness (QED) is 0.743. The molecule has 0 atom stereocenters. The average molecular weight is 249 g/mol. The molecule has 18 heavy (non-hydrogen) atoms. The van der Waals surface area contributed by atoms with Crippen LogP contribution >= 0.6 is 0 Å². The molecule has 0 radical (unpaired) electrons. The van der Waals surface area contributed by atoms with Gasteiger partial charge < -0.3 is 11.1 Å². The Morgan fingerprint density at radius 2 is 1.94 bits per heavy atom. The van der Waals surface area contributed by atoms with E-state index >= 15 is 0 Å². The summed E-state index contributed by atoms with van der Waals surface area (Å²) in [5, 5.41) is 3.45. The number of nitrogens with one attached hydrogen (secondary N) is 1. The van der Waals surface area contributed by atoms with E-state index in [9.17, 15) is 0 Å². The van der Waals surface area contributed by atoms with Crippen molar-refractivity contribution in [2.24, 2.45) is 11.7 Å². The predicted octanol–water partition coefficient (Wildman–Crippen LogP) is 3.34. The molecule has 1 rings (SSSR count). The zero-order chi connectivity index (χ0) is 13.4.